The predicted octanol–water partition coefficient (Wildman–Crippen LogP) is 5.71. The fourth-order valence-electron chi connectivity index (χ4n) is 5.23. The number of ether oxygens (including phenoxy) is 1. The molecule has 1 aliphatic carbocycles. The third kappa shape index (κ3) is 4.04. The minimum absolute atomic E-state index is 0.0213. The van der Waals surface area contributed by atoms with Crippen molar-refractivity contribution in [3.63, 3.8) is 0 Å². The number of fused-ring (bicyclic) bond motifs is 3. The van der Waals surface area contributed by atoms with E-state index in [4.69, 9.17) is 4.74 Å². The van der Waals surface area contributed by atoms with Gasteiger partial charge in [0.05, 0.1) is 6.04 Å². The van der Waals surface area contributed by atoms with E-state index in [0.29, 0.717) is 30.2 Å². The third-order valence-corrected chi connectivity index (χ3v) is 6.92. The summed E-state index contributed by atoms with van der Waals surface area (Å²) in [7, 11) is 0. The SMILES string of the molecule is O=C(c1cccc(Oc2ccc(O)cc2)c1)N1CCN(C2c3ccccc3-c3ccccc32)CC1. The van der Waals surface area contributed by atoms with Gasteiger partial charge in [0.2, 0.25) is 0 Å². The number of hydrogen-bond donors (Lipinski definition) is 1. The fraction of sp³-hybridized carbons (Fsp3) is 0.167. The Balaban J connectivity index is 1.16. The first-order valence-electron chi connectivity index (χ1n) is 12.0. The molecule has 6 rings (SSSR count). The lowest BCUT2D eigenvalue weighted by atomic mass is 10.0. The zero-order valence-electron chi connectivity index (χ0n) is 19.3. The number of aromatic hydroxyl groups is 1. The van der Waals surface area contributed by atoms with Gasteiger partial charge in [-0.2, -0.15) is 0 Å². The maximum absolute atomic E-state index is 13.3. The molecular weight excluding hydrogens is 436 g/mol. The Morgan fingerprint density at radius 3 is 2.00 bits per heavy atom. The third-order valence-electron chi connectivity index (χ3n) is 6.92. The average Bonchev–Trinajstić information content (AvgIpc) is 3.24. The van der Waals surface area contributed by atoms with Crippen molar-refractivity contribution < 1.29 is 14.6 Å². The molecule has 0 aromatic heterocycles. The molecule has 2 aliphatic rings. The van der Waals surface area contributed by atoms with Gasteiger partial charge in [0.25, 0.3) is 5.91 Å². The number of rotatable bonds is 4. The topological polar surface area (TPSA) is 53.0 Å². The molecule has 4 aromatic carbocycles. The maximum Gasteiger partial charge on any atom is 0.254 e. The number of hydrogen-bond acceptors (Lipinski definition) is 4. The van der Waals surface area contributed by atoms with E-state index in [2.05, 4.69) is 53.4 Å². The van der Waals surface area contributed by atoms with Crippen LogP contribution in [0.3, 0.4) is 0 Å². The van der Waals surface area contributed by atoms with Crippen LogP contribution in [0.1, 0.15) is 27.5 Å². The molecule has 1 aliphatic heterocycles. The van der Waals surface area contributed by atoms with Crippen molar-refractivity contribution >= 4 is 5.91 Å². The molecule has 0 bridgehead atoms. The Labute approximate surface area is 204 Å². The Bertz CT molecular complexity index is 1330. The Morgan fingerprint density at radius 2 is 1.34 bits per heavy atom. The average molecular weight is 463 g/mol. The van der Waals surface area contributed by atoms with Crippen molar-refractivity contribution in [1.82, 2.24) is 9.80 Å². The van der Waals surface area contributed by atoms with E-state index < -0.39 is 0 Å². The lowest BCUT2D eigenvalue weighted by Gasteiger charge is -2.38. The number of phenolic OH excluding ortho intramolecular Hbond substituents is 1. The number of phenols is 1. The lowest BCUT2D eigenvalue weighted by Crippen LogP contribution is -2.49. The number of nitrogens with zero attached hydrogens (tertiary/aromatic N) is 2. The maximum atomic E-state index is 13.3. The molecule has 4 aromatic rings. The first-order valence-corrected chi connectivity index (χ1v) is 12.0. The zero-order chi connectivity index (χ0) is 23.8. The summed E-state index contributed by atoms with van der Waals surface area (Å²) in [5.41, 5.74) is 5.96. The number of carbonyl (C=O) groups excluding carboxylic acids is 1. The highest BCUT2D eigenvalue weighted by Gasteiger charge is 2.34. The second-order valence-electron chi connectivity index (χ2n) is 9.03. The first kappa shape index (κ1) is 21.4. The van der Waals surface area contributed by atoms with E-state index in [1.165, 1.54) is 22.3 Å². The summed E-state index contributed by atoms with van der Waals surface area (Å²) in [6.07, 6.45) is 0. The lowest BCUT2D eigenvalue weighted by molar-refractivity contribution is 0.0599. The Morgan fingerprint density at radius 1 is 0.714 bits per heavy atom. The second kappa shape index (κ2) is 8.93. The number of amides is 1. The van der Waals surface area contributed by atoms with Crippen LogP contribution < -0.4 is 4.74 Å². The van der Waals surface area contributed by atoms with Crippen LogP contribution in [0.2, 0.25) is 0 Å². The Hall–Kier alpha value is -4.09. The summed E-state index contributed by atoms with van der Waals surface area (Å²) in [5.74, 6) is 1.41. The normalized spacial score (nSPS) is 15.5. The fourth-order valence-corrected chi connectivity index (χ4v) is 5.23. The van der Waals surface area contributed by atoms with Crippen molar-refractivity contribution in [1.29, 1.82) is 0 Å². The van der Waals surface area contributed by atoms with E-state index in [0.717, 1.165) is 13.1 Å². The van der Waals surface area contributed by atoms with Gasteiger partial charge in [0, 0.05) is 31.7 Å². The summed E-state index contributed by atoms with van der Waals surface area (Å²) in [4.78, 5) is 17.7. The van der Waals surface area contributed by atoms with Crippen LogP contribution in [0.15, 0.2) is 97.1 Å². The molecule has 0 saturated carbocycles. The van der Waals surface area contributed by atoms with Crippen molar-refractivity contribution in [3.8, 4) is 28.4 Å². The van der Waals surface area contributed by atoms with E-state index >= 15 is 0 Å². The molecule has 1 amide bonds. The van der Waals surface area contributed by atoms with E-state index in [-0.39, 0.29) is 17.7 Å². The minimum Gasteiger partial charge on any atom is -0.508 e. The van der Waals surface area contributed by atoms with Crippen molar-refractivity contribution in [3.05, 3.63) is 114 Å². The van der Waals surface area contributed by atoms with Crippen molar-refractivity contribution in [2.24, 2.45) is 0 Å². The second-order valence-corrected chi connectivity index (χ2v) is 9.03. The van der Waals surface area contributed by atoms with Gasteiger partial charge in [0.15, 0.2) is 0 Å². The minimum atomic E-state index is 0.0213. The first-order chi connectivity index (χ1) is 17.2. The molecule has 35 heavy (non-hydrogen) atoms. The smallest absolute Gasteiger partial charge is 0.254 e. The molecule has 1 fully saturated rings. The molecule has 0 unspecified atom stereocenters. The summed E-state index contributed by atoms with van der Waals surface area (Å²) < 4.78 is 5.87. The molecule has 1 N–H and O–H groups in total. The molecule has 1 heterocycles. The Kier molecular flexibility index (Phi) is 5.47. The van der Waals surface area contributed by atoms with Crippen LogP contribution in [0.25, 0.3) is 11.1 Å². The van der Waals surface area contributed by atoms with Crippen LogP contribution in [0, 0.1) is 0 Å². The van der Waals surface area contributed by atoms with Gasteiger partial charge in [-0.25, -0.2) is 0 Å². The zero-order valence-corrected chi connectivity index (χ0v) is 19.3. The van der Waals surface area contributed by atoms with Gasteiger partial charge >= 0.3 is 0 Å². The van der Waals surface area contributed by atoms with Crippen LogP contribution in [-0.2, 0) is 0 Å². The monoisotopic (exact) mass is 462 g/mol. The molecule has 5 nitrogen and oxygen atoms in total. The van der Waals surface area contributed by atoms with Gasteiger partial charge in [-0.05, 0) is 64.7 Å². The van der Waals surface area contributed by atoms with Crippen molar-refractivity contribution in [2.45, 2.75) is 6.04 Å². The van der Waals surface area contributed by atoms with Gasteiger partial charge in [0.1, 0.15) is 17.2 Å². The molecule has 1 saturated heterocycles. The van der Waals surface area contributed by atoms with Crippen molar-refractivity contribution in [2.75, 3.05) is 26.2 Å². The van der Waals surface area contributed by atoms with Crippen LogP contribution in [0.5, 0.6) is 17.2 Å². The molecule has 0 radical (unpaired) electrons. The predicted molar refractivity (Wildman–Crippen MR) is 136 cm³/mol. The van der Waals surface area contributed by atoms with Gasteiger partial charge < -0.3 is 14.7 Å². The van der Waals surface area contributed by atoms with E-state index in [1.807, 2.05) is 23.1 Å². The molecule has 5 heteroatoms. The summed E-state index contributed by atoms with van der Waals surface area (Å²) in [5, 5.41) is 9.46. The van der Waals surface area contributed by atoms with Crippen LogP contribution >= 0.6 is 0 Å². The van der Waals surface area contributed by atoms with E-state index in [9.17, 15) is 9.90 Å². The highest BCUT2D eigenvalue weighted by molar-refractivity contribution is 5.94. The standard InChI is InChI=1S/C30H26N2O3/c33-22-12-14-23(15-13-22)35-24-7-5-6-21(20-24)30(34)32-18-16-31(17-19-32)29-27-10-3-1-8-25(27)26-9-2-4-11-28(26)29/h1-15,20,29,33H,16-19H2. The summed E-state index contributed by atoms with van der Waals surface area (Å²) in [6.45, 7) is 3.01. The number of carbonyl (C=O) groups is 1. The highest BCUT2D eigenvalue weighted by Crippen LogP contribution is 2.46. The van der Waals surface area contributed by atoms with E-state index in [1.54, 1.807) is 30.3 Å². The number of piperazine rings is 1. The van der Waals surface area contributed by atoms with Gasteiger partial charge in [-0.3, -0.25) is 9.69 Å². The molecule has 174 valence electrons. The number of benzene rings is 4. The highest BCUT2D eigenvalue weighted by atomic mass is 16.5. The molecule has 0 spiro atoms. The molecular formula is C30H26N2O3. The summed E-state index contributed by atoms with van der Waals surface area (Å²) in [6, 6.07) is 31.4. The molecule has 0 atom stereocenters. The quantitative estimate of drug-likeness (QED) is 0.422. The van der Waals surface area contributed by atoms with Gasteiger partial charge in [-0.1, -0.05) is 54.6 Å². The largest absolute Gasteiger partial charge is 0.508 e. The summed E-state index contributed by atoms with van der Waals surface area (Å²) >= 11 is 0. The van der Waals surface area contributed by atoms with Gasteiger partial charge in [-0.15, -0.1) is 0 Å². The van der Waals surface area contributed by atoms with Crippen LogP contribution in [-0.4, -0.2) is 47.0 Å². The van der Waals surface area contributed by atoms with Crippen LogP contribution in [0.4, 0.5) is 0 Å².